The van der Waals surface area contributed by atoms with E-state index in [-0.39, 0.29) is 5.91 Å². The van der Waals surface area contributed by atoms with E-state index in [9.17, 15) is 9.90 Å². The van der Waals surface area contributed by atoms with Crippen molar-refractivity contribution >= 4 is 5.91 Å². The quantitative estimate of drug-likeness (QED) is 0.885. The first kappa shape index (κ1) is 14.1. The fraction of sp³-hybridized carbons (Fsp3) is 0.562. The van der Waals surface area contributed by atoms with E-state index in [0.29, 0.717) is 19.5 Å². The summed E-state index contributed by atoms with van der Waals surface area (Å²) in [6.45, 7) is 5.04. The van der Waals surface area contributed by atoms with Crippen LogP contribution < -0.4 is 0 Å². The van der Waals surface area contributed by atoms with Crippen molar-refractivity contribution in [3.8, 4) is 0 Å². The Morgan fingerprint density at radius 1 is 1.26 bits per heavy atom. The summed E-state index contributed by atoms with van der Waals surface area (Å²) >= 11 is 0. The molecule has 0 spiro atoms. The number of aliphatic hydroxyl groups is 1. The summed E-state index contributed by atoms with van der Waals surface area (Å²) in [6, 6.07) is 7.87. The molecule has 1 amide bonds. The first-order valence-corrected chi connectivity index (χ1v) is 7.18. The maximum Gasteiger partial charge on any atom is 0.254 e. The lowest BCUT2D eigenvalue weighted by Gasteiger charge is -2.46. The Morgan fingerprint density at radius 3 is 2.42 bits per heavy atom. The van der Waals surface area contributed by atoms with Crippen LogP contribution in [0.1, 0.15) is 49.0 Å². The number of hydrogen-bond acceptors (Lipinski definition) is 2. The van der Waals surface area contributed by atoms with Crippen molar-refractivity contribution < 1.29 is 9.90 Å². The van der Waals surface area contributed by atoms with Crippen molar-refractivity contribution in [2.75, 3.05) is 13.1 Å². The van der Waals surface area contributed by atoms with E-state index < -0.39 is 5.60 Å². The predicted molar refractivity (Wildman–Crippen MR) is 76.2 cm³/mol. The molecule has 1 saturated heterocycles. The lowest BCUT2D eigenvalue weighted by Crippen LogP contribution is -2.63. The van der Waals surface area contributed by atoms with E-state index in [1.54, 1.807) is 4.90 Å². The Balaban J connectivity index is 1.94. The Labute approximate surface area is 115 Å². The lowest BCUT2D eigenvalue weighted by atomic mass is 9.90. The molecule has 3 nitrogen and oxygen atoms in total. The molecule has 19 heavy (non-hydrogen) atoms. The molecule has 1 heterocycles. The fourth-order valence-corrected chi connectivity index (χ4v) is 2.41. The number of unbranched alkanes of at least 4 members (excludes halogenated alkanes) is 1. The Morgan fingerprint density at radius 2 is 1.89 bits per heavy atom. The van der Waals surface area contributed by atoms with Crippen LogP contribution in [-0.4, -0.2) is 34.6 Å². The average Bonchev–Trinajstić information content (AvgIpc) is 2.41. The molecule has 0 unspecified atom stereocenters. The highest BCUT2D eigenvalue weighted by Crippen LogP contribution is 2.25. The molecule has 0 bridgehead atoms. The van der Waals surface area contributed by atoms with Gasteiger partial charge in [-0.1, -0.05) is 32.4 Å². The van der Waals surface area contributed by atoms with Crippen LogP contribution >= 0.6 is 0 Å². The zero-order valence-corrected chi connectivity index (χ0v) is 11.9. The molecule has 1 aliphatic rings. The van der Waals surface area contributed by atoms with Crippen molar-refractivity contribution in [2.45, 2.75) is 45.1 Å². The molecule has 3 heteroatoms. The molecule has 0 radical (unpaired) electrons. The largest absolute Gasteiger partial charge is 0.386 e. The van der Waals surface area contributed by atoms with E-state index >= 15 is 0 Å². The van der Waals surface area contributed by atoms with E-state index in [1.165, 1.54) is 18.4 Å². The third-order valence-electron chi connectivity index (χ3n) is 3.94. The SMILES string of the molecule is CCCCc1ccc(C(=O)N2CC(O)(CC)C2)cc1. The summed E-state index contributed by atoms with van der Waals surface area (Å²) in [5, 5.41) is 9.93. The van der Waals surface area contributed by atoms with Crippen LogP contribution in [0.5, 0.6) is 0 Å². The molecule has 1 aromatic carbocycles. The number of amides is 1. The third kappa shape index (κ3) is 3.16. The number of β-amino-alcohol motifs (C(OH)–C–C–N with tert-alkyl or cyclic N) is 1. The summed E-state index contributed by atoms with van der Waals surface area (Å²) in [5.41, 5.74) is 1.35. The first-order chi connectivity index (χ1) is 9.08. The smallest absolute Gasteiger partial charge is 0.254 e. The number of likely N-dealkylation sites (tertiary alicyclic amines) is 1. The van der Waals surface area contributed by atoms with Gasteiger partial charge in [-0.3, -0.25) is 4.79 Å². The van der Waals surface area contributed by atoms with Crippen molar-refractivity contribution in [3.05, 3.63) is 35.4 Å². The molecule has 1 fully saturated rings. The van der Waals surface area contributed by atoms with Gasteiger partial charge in [0.1, 0.15) is 0 Å². The molecule has 1 aromatic rings. The van der Waals surface area contributed by atoms with Crippen LogP contribution in [0.15, 0.2) is 24.3 Å². The summed E-state index contributed by atoms with van der Waals surface area (Å²) in [5.74, 6) is 0.0279. The Kier molecular flexibility index (Phi) is 4.25. The second-order valence-electron chi connectivity index (χ2n) is 5.54. The number of rotatable bonds is 5. The topological polar surface area (TPSA) is 40.5 Å². The number of nitrogens with zero attached hydrogens (tertiary/aromatic N) is 1. The van der Waals surface area contributed by atoms with E-state index in [1.807, 2.05) is 31.2 Å². The van der Waals surface area contributed by atoms with Crippen LogP contribution in [0.3, 0.4) is 0 Å². The van der Waals surface area contributed by atoms with Crippen LogP contribution in [0, 0.1) is 0 Å². The van der Waals surface area contributed by atoms with Gasteiger partial charge in [0.25, 0.3) is 5.91 Å². The molecule has 104 valence electrons. The van der Waals surface area contributed by atoms with Gasteiger partial charge in [0.2, 0.25) is 0 Å². The molecular weight excluding hydrogens is 238 g/mol. The summed E-state index contributed by atoms with van der Waals surface area (Å²) in [7, 11) is 0. The maximum absolute atomic E-state index is 12.2. The van der Waals surface area contributed by atoms with Gasteiger partial charge in [0.05, 0.1) is 18.7 Å². The predicted octanol–water partition coefficient (Wildman–Crippen LogP) is 2.63. The van der Waals surface area contributed by atoms with Crippen molar-refractivity contribution in [2.24, 2.45) is 0 Å². The number of carbonyl (C=O) groups excluding carboxylic acids is 1. The zero-order chi connectivity index (χ0) is 13.9. The molecule has 1 N–H and O–H groups in total. The van der Waals surface area contributed by atoms with Gasteiger partial charge in [-0.25, -0.2) is 0 Å². The lowest BCUT2D eigenvalue weighted by molar-refractivity contribution is -0.0826. The van der Waals surface area contributed by atoms with Gasteiger partial charge in [0.15, 0.2) is 0 Å². The standard InChI is InChI=1S/C16H23NO2/c1-3-5-6-13-7-9-14(10-8-13)15(18)17-11-16(19,4-2)12-17/h7-10,19H,3-6,11-12H2,1-2H3. The van der Waals surface area contributed by atoms with Crippen LogP contribution in [0.2, 0.25) is 0 Å². The summed E-state index contributed by atoms with van der Waals surface area (Å²) < 4.78 is 0. The number of benzene rings is 1. The minimum absolute atomic E-state index is 0.0279. The van der Waals surface area contributed by atoms with Gasteiger partial charge >= 0.3 is 0 Å². The first-order valence-electron chi connectivity index (χ1n) is 7.18. The van der Waals surface area contributed by atoms with Crippen molar-refractivity contribution in [1.29, 1.82) is 0 Å². The highest BCUT2D eigenvalue weighted by atomic mass is 16.3. The van der Waals surface area contributed by atoms with Crippen molar-refractivity contribution in [1.82, 2.24) is 4.90 Å². The summed E-state index contributed by atoms with van der Waals surface area (Å²) in [4.78, 5) is 13.9. The third-order valence-corrected chi connectivity index (χ3v) is 3.94. The minimum Gasteiger partial charge on any atom is -0.386 e. The maximum atomic E-state index is 12.2. The van der Waals surface area contributed by atoms with Crippen LogP contribution in [0.4, 0.5) is 0 Å². The molecular formula is C16H23NO2. The normalized spacial score (nSPS) is 17.1. The second kappa shape index (κ2) is 5.74. The highest BCUT2D eigenvalue weighted by Gasteiger charge is 2.42. The van der Waals surface area contributed by atoms with Crippen LogP contribution in [0.25, 0.3) is 0 Å². The second-order valence-corrected chi connectivity index (χ2v) is 5.54. The molecule has 1 aliphatic heterocycles. The van der Waals surface area contributed by atoms with Gasteiger partial charge < -0.3 is 10.0 Å². The minimum atomic E-state index is -0.656. The average molecular weight is 261 g/mol. The number of hydrogen-bond donors (Lipinski definition) is 1. The number of carbonyl (C=O) groups is 1. The zero-order valence-electron chi connectivity index (χ0n) is 11.9. The van der Waals surface area contributed by atoms with Crippen molar-refractivity contribution in [3.63, 3.8) is 0 Å². The molecule has 0 atom stereocenters. The Bertz CT molecular complexity index is 433. The molecule has 0 aliphatic carbocycles. The number of aryl methyl sites for hydroxylation is 1. The van der Waals surface area contributed by atoms with Crippen LogP contribution in [-0.2, 0) is 6.42 Å². The molecule has 0 aromatic heterocycles. The monoisotopic (exact) mass is 261 g/mol. The van der Waals surface area contributed by atoms with E-state index in [2.05, 4.69) is 6.92 Å². The van der Waals surface area contributed by atoms with E-state index in [4.69, 9.17) is 0 Å². The summed E-state index contributed by atoms with van der Waals surface area (Å²) in [6.07, 6.45) is 4.14. The van der Waals surface area contributed by atoms with Gasteiger partial charge in [-0.05, 0) is 37.0 Å². The van der Waals surface area contributed by atoms with Gasteiger partial charge in [-0.2, -0.15) is 0 Å². The Hall–Kier alpha value is -1.35. The van der Waals surface area contributed by atoms with Gasteiger partial charge in [-0.15, -0.1) is 0 Å². The van der Waals surface area contributed by atoms with E-state index in [0.717, 1.165) is 12.0 Å². The fourth-order valence-electron chi connectivity index (χ4n) is 2.41. The molecule has 2 rings (SSSR count). The van der Waals surface area contributed by atoms with Gasteiger partial charge in [0, 0.05) is 5.56 Å². The highest BCUT2D eigenvalue weighted by molar-refractivity contribution is 5.95. The molecule has 0 saturated carbocycles.